The van der Waals surface area contributed by atoms with Crippen molar-refractivity contribution in [1.82, 2.24) is 14.8 Å². The van der Waals surface area contributed by atoms with E-state index in [2.05, 4.69) is 54.7 Å². The lowest BCUT2D eigenvalue weighted by atomic mass is 10.0. The van der Waals surface area contributed by atoms with Gasteiger partial charge in [0.25, 0.3) is 0 Å². The molecule has 0 amide bonds. The Bertz CT molecular complexity index is 799. The van der Waals surface area contributed by atoms with Crippen LogP contribution < -0.4 is 5.73 Å². The zero-order chi connectivity index (χ0) is 15.0. The van der Waals surface area contributed by atoms with Crippen molar-refractivity contribution in [2.45, 2.75) is 0 Å². The molecule has 2 heterocycles. The van der Waals surface area contributed by atoms with Crippen molar-refractivity contribution in [3.8, 4) is 22.4 Å². The van der Waals surface area contributed by atoms with E-state index in [0.717, 1.165) is 30.4 Å². The van der Waals surface area contributed by atoms with E-state index >= 15 is 0 Å². The van der Waals surface area contributed by atoms with E-state index in [-0.39, 0.29) is 0 Å². The van der Waals surface area contributed by atoms with Crippen LogP contribution in [0, 0.1) is 3.57 Å². The van der Waals surface area contributed by atoms with Gasteiger partial charge in [-0.1, -0.05) is 22.0 Å². The van der Waals surface area contributed by atoms with Crippen molar-refractivity contribution in [1.29, 1.82) is 0 Å². The second-order valence-electron chi connectivity index (χ2n) is 4.60. The summed E-state index contributed by atoms with van der Waals surface area (Å²) in [7, 11) is 1.85. The van der Waals surface area contributed by atoms with Crippen LogP contribution in [0.15, 0.2) is 47.2 Å². The van der Waals surface area contributed by atoms with Gasteiger partial charge in [0.2, 0.25) is 0 Å². The normalized spacial score (nSPS) is 10.8. The highest BCUT2D eigenvalue weighted by Gasteiger charge is 2.19. The zero-order valence-corrected chi connectivity index (χ0v) is 15.0. The summed E-state index contributed by atoms with van der Waals surface area (Å²) in [4.78, 5) is 4.18. The molecule has 0 unspecified atom stereocenters. The Hall–Kier alpha value is -1.41. The van der Waals surface area contributed by atoms with Crippen LogP contribution >= 0.6 is 38.5 Å². The van der Waals surface area contributed by atoms with Crippen molar-refractivity contribution in [3.63, 3.8) is 0 Å². The third-order valence-corrected chi connectivity index (χ3v) is 4.59. The van der Waals surface area contributed by atoms with Gasteiger partial charge in [-0.15, -0.1) is 0 Å². The standard InChI is InChI=1S/C15H12BrIN4/c1-21-15(18)13(9-3-2-6-19-8-9)14(20-21)11-7-10(17)4-5-12(11)16/h2-8H,18H2,1H3. The van der Waals surface area contributed by atoms with Crippen molar-refractivity contribution < 1.29 is 0 Å². The quantitative estimate of drug-likeness (QED) is 0.593. The van der Waals surface area contributed by atoms with Crippen LogP contribution in [0.2, 0.25) is 0 Å². The number of nitrogens with two attached hydrogens (primary N) is 1. The fraction of sp³-hybridized carbons (Fsp3) is 0.0667. The molecule has 0 saturated carbocycles. The molecule has 0 aliphatic rings. The minimum Gasteiger partial charge on any atom is -0.383 e. The van der Waals surface area contributed by atoms with Crippen molar-refractivity contribution in [3.05, 3.63) is 50.8 Å². The Balaban J connectivity index is 2.29. The summed E-state index contributed by atoms with van der Waals surface area (Å²) in [5.74, 6) is 0.628. The molecule has 0 bridgehead atoms. The Kier molecular flexibility index (Phi) is 3.99. The summed E-state index contributed by atoms with van der Waals surface area (Å²) in [6.45, 7) is 0. The van der Waals surface area contributed by atoms with Crippen LogP contribution in [0.25, 0.3) is 22.4 Å². The maximum atomic E-state index is 6.22. The Morgan fingerprint density at radius 1 is 1.29 bits per heavy atom. The fourth-order valence-corrected chi connectivity index (χ4v) is 3.13. The highest BCUT2D eigenvalue weighted by Crippen LogP contribution is 2.38. The van der Waals surface area contributed by atoms with Crippen LogP contribution in [0.4, 0.5) is 5.82 Å². The number of hydrogen-bond acceptors (Lipinski definition) is 3. The van der Waals surface area contributed by atoms with Crippen LogP contribution in [0.3, 0.4) is 0 Å². The van der Waals surface area contributed by atoms with Gasteiger partial charge >= 0.3 is 0 Å². The molecule has 0 aliphatic carbocycles. The highest BCUT2D eigenvalue weighted by molar-refractivity contribution is 14.1. The first kappa shape index (κ1) is 14.5. The maximum Gasteiger partial charge on any atom is 0.129 e. The number of anilines is 1. The average molecular weight is 455 g/mol. The van der Waals surface area contributed by atoms with Gasteiger partial charge < -0.3 is 5.73 Å². The molecule has 0 fully saturated rings. The predicted molar refractivity (Wildman–Crippen MR) is 96.7 cm³/mol. The number of pyridine rings is 1. The summed E-state index contributed by atoms with van der Waals surface area (Å²) < 4.78 is 3.84. The lowest BCUT2D eigenvalue weighted by Gasteiger charge is -2.06. The molecular weight excluding hydrogens is 443 g/mol. The molecule has 0 aliphatic heterocycles. The number of rotatable bonds is 2. The SMILES string of the molecule is Cn1nc(-c2cc(I)ccc2Br)c(-c2cccnc2)c1N. The lowest BCUT2D eigenvalue weighted by molar-refractivity contribution is 0.782. The van der Waals surface area contributed by atoms with Gasteiger partial charge in [0, 0.05) is 38.6 Å². The Labute approximate surface area is 144 Å². The molecule has 1 aromatic carbocycles. The van der Waals surface area contributed by atoms with Gasteiger partial charge in [-0.05, 0) is 46.9 Å². The van der Waals surface area contributed by atoms with Crippen molar-refractivity contribution in [2.75, 3.05) is 5.73 Å². The molecule has 21 heavy (non-hydrogen) atoms. The molecule has 2 N–H and O–H groups in total. The first-order chi connectivity index (χ1) is 10.1. The second-order valence-corrected chi connectivity index (χ2v) is 6.70. The third kappa shape index (κ3) is 2.69. The van der Waals surface area contributed by atoms with Crippen LogP contribution in [-0.2, 0) is 7.05 Å². The van der Waals surface area contributed by atoms with E-state index in [1.54, 1.807) is 17.1 Å². The number of hydrogen-bond donors (Lipinski definition) is 1. The molecule has 0 atom stereocenters. The number of halogens is 2. The number of aryl methyl sites for hydroxylation is 1. The number of nitrogens with zero attached hydrogens (tertiary/aromatic N) is 3. The van der Waals surface area contributed by atoms with Crippen LogP contribution in [-0.4, -0.2) is 14.8 Å². The molecule has 0 spiro atoms. The molecule has 2 aromatic heterocycles. The van der Waals surface area contributed by atoms with E-state index in [4.69, 9.17) is 5.73 Å². The van der Waals surface area contributed by atoms with E-state index in [1.807, 2.05) is 31.3 Å². The van der Waals surface area contributed by atoms with Gasteiger partial charge in [0.15, 0.2) is 0 Å². The van der Waals surface area contributed by atoms with Crippen LogP contribution in [0.1, 0.15) is 0 Å². The number of nitrogen functional groups attached to an aromatic ring is 1. The Morgan fingerprint density at radius 3 is 2.81 bits per heavy atom. The van der Waals surface area contributed by atoms with Gasteiger partial charge in [0.05, 0.1) is 5.56 Å². The van der Waals surface area contributed by atoms with Crippen LogP contribution in [0.5, 0.6) is 0 Å². The second kappa shape index (κ2) is 5.76. The van der Waals surface area contributed by atoms with E-state index in [1.165, 1.54) is 0 Å². The summed E-state index contributed by atoms with van der Waals surface area (Å²) in [6.07, 6.45) is 3.55. The summed E-state index contributed by atoms with van der Waals surface area (Å²) >= 11 is 5.89. The molecule has 6 heteroatoms. The predicted octanol–water partition coefficient (Wildman–Crippen LogP) is 4.10. The first-order valence-corrected chi connectivity index (χ1v) is 8.13. The molecule has 106 valence electrons. The van der Waals surface area contributed by atoms with Gasteiger partial charge in [-0.2, -0.15) is 5.10 Å². The van der Waals surface area contributed by atoms with E-state index in [9.17, 15) is 0 Å². The topological polar surface area (TPSA) is 56.7 Å². The zero-order valence-electron chi connectivity index (χ0n) is 11.2. The molecule has 3 rings (SSSR count). The lowest BCUT2D eigenvalue weighted by Crippen LogP contribution is -1.98. The summed E-state index contributed by atoms with van der Waals surface area (Å²) in [5.41, 5.74) is 9.97. The van der Waals surface area contributed by atoms with E-state index < -0.39 is 0 Å². The highest BCUT2D eigenvalue weighted by atomic mass is 127. The molecule has 0 radical (unpaired) electrons. The average Bonchev–Trinajstić information content (AvgIpc) is 2.78. The maximum absolute atomic E-state index is 6.22. The smallest absolute Gasteiger partial charge is 0.129 e. The molecule has 3 aromatic rings. The molecular formula is C15H12BrIN4. The minimum atomic E-state index is 0.628. The van der Waals surface area contributed by atoms with E-state index in [0.29, 0.717) is 5.82 Å². The summed E-state index contributed by atoms with van der Waals surface area (Å²) in [6, 6.07) is 10.0. The third-order valence-electron chi connectivity index (χ3n) is 3.23. The minimum absolute atomic E-state index is 0.628. The molecule has 4 nitrogen and oxygen atoms in total. The van der Waals surface area contributed by atoms with Gasteiger partial charge in [-0.25, -0.2) is 0 Å². The van der Waals surface area contributed by atoms with Gasteiger partial charge in [-0.3, -0.25) is 9.67 Å². The number of aromatic nitrogens is 3. The Morgan fingerprint density at radius 2 is 2.10 bits per heavy atom. The largest absolute Gasteiger partial charge is 0.383 e. The van der Waals surface area contributed by atoms with Crippen molar-refractivity contribution in [2.24, 2.45) is 7.05 Å². The van der Waals surface area contributed by atoms with Gasteiger partial charge in [0.1, 0.15) is 11.5 Å². The molecule has 0 saturated heterocycles. The monoisotopic (exact) mass is 454 g/mol. The number of benzene rings is 1. The first-order valence-electron chi connectivity index (χ1n) is 6.26. The van der Waals surface area contributed by atoms with Crippen molar-refractivity contribution >= 4 is 44.3 Å². The summed E-state index contributed by atoms with van der Waals surface area (Å²) in [5, 5.41) is 4.59. The fourth-order valence-electron chi connectivity index (χ4n) is 2.20.